The van der Waals surface area contributed by atoms with Gasteiger partial charge in [0.15, 0.2) is 0 Å². The van der Waals surface area contributed by atoms with E-state index in [1.807, 2.05) is 18.4 Å². The van der Waals surface area contributed by atoms with Crippen LogP contribution >= 0.6 is 22.9 Å². The van der Waals surface area contributed by atoms with E-state index in [4.69, 9.17) is 16.9 Å². The molecule has 0 radical (unpaired) electrons. The summed E-state index contributed by atoms with van der Waals surface area (Å²) >= 11 is 7.23. The first-order valence-corrected chi connectivity index (χ1v) is 5.19. The highest BCUT2D eigenvalue weighted by Crippen LogP contribution is 2.27. The van der Waals surface area contributed by atoms with Crippen molar-refractivity contribution in [3.63, 3.8) is 0 Å². The number of halogens is 1. The third kappa shape index (κ3) is 2.06. The molecule has 3 nitrogen and oxygen atoms in total. The van der Waals surface area contributed by atoms with Crippen LogP contribution in [-0.4, -0.2) is 24.4 Å². The van der Waals surface area contributed by atoms with Gasteiger partial charge in [0, 0.05) is 7.05 Å². The third-order valence-electron chi connectivity index (χ3n) is 1.75. The van der Waals surface area contributed by atoms with Gasteiger partial charge in [-0.2, -0.15) is 5.26 Å². The van der Waals surface area contributed by atoms with Crippen molar-refractivity contribution in [3.05, 3.63) is 20.8 Å². The number of carbonyl (C=O) groups excluding carboxylic acids is 1. The minimum atomic E-state index is -0.199. The number of aryl methyl sites for hydroxylation is 1. The van der Waals surface area contributed by atoms with Gasteiger partial charge in [-0.05, 0) is 17.9 Å². The summed E-state index contributed by atoms with van der Waals surface area (Å²) in [4.78, 5) is 13.5. The van der Waals surface area contributed by atoms with Crippen LogP contribution in [0.25, 0.3) is 0 Å². The SMILES string of the molecule is Cc1csc(C(=O)N(C)CC#N)c1Cl. The molecule has 1 amide bonds. The van der Waals surface area contributed by atoms with Crippen LogP contribution in [0, 0.1) is 18.3 Å². The fourth-order valence-corrected chi connectivity index (χ4v) is 2.19. The quantitative estimate of drug-likeness (QED) is 0.730. The van der Waals surface area contributed by atoms with Crippen LogP contribution in [-0.2, 0) is 0 Å². The lowest BCUT2D eigenvalue weighted by molar-refractivity contribution is 0.0817. The number of rotatable bonds is 2. The standard InChI is InChI=1S/C9H9ClN2OS/c1-6-5-14-8(7(6)10)9(13)12(2)4-3-11/h5H,4H2,1-2H3. The maximum absolute atomic E-state index is 11.7. The predicted octanol–water partition coefficient (Wildman–Crippen LogP) is 2.31. The maximum atomic E-state index is 11.7. The molecule has 0 saturated carbocycles. The molecule has 0 spiro atoms. The average Bonchev–Trinajstić information content (AvgIpc) is 2.47. The van der Waals surface area contributed by atoms with Gasteiger partial charge in [0.05, 0.1) is 11.1 Å². The second-order valence-electron chi connectivity index (χ2n) is 2.88. The van der Waals surface area contributed by atoms with Crippen LogP contribution in [0.5, 0.6) is 0 Å². The molecule has 0 N–H and O–H groups in total. The van der Waals surface area contributed by atoms with E-state index in [-0.39, 0.29) is 12.5 Å². The zero-order valence-corrected chi connectivity index (χ0v) is 9.45. The Kier molecular flexibility index (Phi) is 3.50. The van der Waals surface area contributed by atoms with E-state index in [0.717, 1.165) is 5.56 Å². The van der Waals surface area contributed by atoms with Crippen molar-refractivity contribution in [2.75, 3.05) is 13.6 Å². The molecule has 0 unspecified atom stereocenters. The Balaban J connectivity index is 2.91. The van der Waals surface area contributed by atoms with E-state index < -0.39 is 0 Å². The van der Waals surface area contributed by atoms with Gasteiger partial charge in [-0.3, -0.25) is 4.79 Å². The topological polar surface area (TPSA) is 44.1 Å². The molecule has 0 fully saturated rings. The van der Waals surface area contributed by atoms with Crippen LogP contribution in [0.3, 0.4) is 0 Å². The molecular formula is C9H9ClN2OS. The summed E-state index contributed by atoms with van der Waals surface area (Å²) in [6, 6.07) is 1.91. The number of hydrogen-bond acceptors (Lipinski definition) is 3. The summed E-state index contributed by atoms with van der Waals surface area (Å²) in [6.45, 7) is 1.92. The second kappa shape index (κ2) is 4.45. The Morgan fingerprint density at radius 1 is 1.79 bits per heavy atom. The van der Waals surface area contributed by atoms with E-state index in [9.17, 15) is 4.79 Å². The molecule has 0 aliphatic rings. The molecule has 1 aromatic heterocycles. The van der Waals surface area contributed by atoms with E-state index in [0.29, 0.717) is 9.90 Å². The Morgan fingerprint density at radius 3 is 2.86 bits per heavy atom. The summed E-state index contributed by atoms with van der Waals surface area (Å²) in [7, 11) is 1.58. The lowest BCUT2D eigenvalue weighted by Crippen LogP contribution is -2.26. The molecule has 0 saturated heterocycles. The highest BCUT2D eigenvalue weighted by Gasteiger charge is 2.17. The van der Waals surface area contributed by atoms with E-state index in [1.54, 1.807) is 7.05 Å². The summed E-state index contributed by atoms with van der Waals surface area (Å²) in [5.74, 6) is -0.199. The molecule has 1 rings (SSSR count). The third-order valence-corrected chi connectivity index (χ3v) is 3.43. The zero-order chi connectivity index (χ0) is 10.7. The van der Waals surface area contributed by atoms with Gasteiger partial charge >= 0.3 is 0 Å². The number of nitrogens with zero attached hydrogens (tertiary/aromatic N) is 2. The first kappa shape index (κ1) is 11.0. The van der Waals surface area contributed by atoms with Gasteiger partial charge in [-0.25, -0.2) is 0 Å². The molecule has 1 aromatic rings. The predicted molar refractivity (Wildman–Crippen MR) is 56.6 cm³/mol. The van der Waals surface area contributed by atoms with Crippen molar-refractivity contribution in [1.29, 1.82) is 5.26 Å². The molecule has 74 valence electrons. The molecule has 0 atom stereocenters. The molecule has 5 heteroatoms. The second-order valence-corrected chi connectivity index (χ2v) is 4.14. The molecule has 0 bridgehead atoms. The summed E-state index contributed by atoms with van der Waals surface area (Å²) in [5.41, 5.74) is 0.894. The van der Waals surface area contributed by atoms with Crippen molar-refractivity contribution in [2.45, 2.75) is 6.92 Å². The molecule has 14 heavy (non-hydrogen) atoms. The average molecular weight is 229 g/mol. The lowest BCUT2D eigenvalue weighted by Gasteiger charge is -2.11. The van der Waals surface area contributed by atoms with Crippen molar-refractivity contribution >= 4 is 28.8 Å². The van der Waals surface area contributed by atoms with E-state index >= 15 is 0 Å². The van der Waals surface area contributed by atoms with Crippen LogP contribution in [0.4, 0.5) is 0 Å². The smallest absolute Gasteiger partial charge is 0.266 e. The van der Waals surface area contributed by atoms with Crippen molar-refractivity contribution in [1.82, 2.24) is 4.90 Å². The Morgan fingerprint density at radius 2 is 2.43 bits per heavy atom. The Bertz CT molecular complexity index is 394. The fourth-order valence-electron chi connectivity index (χ4n) is 0.925. The molecule has 0 aliphatic carbocycles. The minimum Gasteiger partial charge on any atom is -0.328 e. The number of amides is 1. The minimum absolute atomic E-state index is 0.0755. The molecule has 1 heterocycles. The van der Waals surface area contributed by atoms with Gasteiger partial charge < -0.3 is 4.90 Å². The highest BCUT2D eigenvalue weighted by molar-refractivity contribution is 7.13. The van der Waals surface area contributed by atoms with Gasteiger partial charge in [0.1, 0.15) is 11.4 Å². The molecule has 0 aliphatic heterocycles. The van der Waals surface area contributed by atoms with Gasteiger partial charge in [-0.15, -0.1) is 11.3 Å². The van der Waals surface area contributed by atoms with E-state index in [1.165, 1.54) is 16.2 Å². The van der Waals surface area contributed by atoms with Crippen molar-refractivity contribution in [2.24, 2.45) is 0 Å². The Hall–Kier alpha value is -1.05. The number of thiophene rings is 1. The van der Waals surface area contributed by atoms with Gasteiger partial charge in [-0.1, -0.05) is 11.6 Å². The maximum Gasteiger partial charge on any atom is 0.266 e. The molecule has 0 aromatic carbocycles. The Labute approximate surface area is 91.5 Å². The summed E-state index contributed by atoms with van der Waals surface area (Å²) in [5, 5.41) is 10.8. The van der Waals surface area contributed by atoms with Crippen LogP contribution in [0.2, 0.25) is 5.02 Å². The van der Waals surface area contributed by atoms with Crippen LogP contribution in [0.1, 0.15) is 15.2 Å². The monoisotopic (exact) mass is 228 g/mol. The summed E-state index contributed by atoms with van der Waals surface area (Å²) in [6.07, 6.45) is 0. The zero-order valence-electron chi connectivity index (χ0n) is 7.87. The normalized spacial score (nSPS) is 9.57. The largest absolute Gasteiger partial charge is 0.328 e. The number of carbonyl (C=O) groups is 1. The lowest BCUT2D eigenvalue weighted by atomic mass is 10.3. The van der Waals surface area contributed by atoms with Crippen LogP contribution < -0.4 is 0 Å². The summed E-state index contributed by atoms with van der Waals surface area (Å²) < 4.78 is 0. The number of nitriles is 1. The molecular weight excluding hydrogens is 220 g/mol. The van der Waals surface area contributed by atoms with Crippen molar-refractivity contribution in [3.8, 4) is 6.07 Å². The fraction of sp³-hybridized carbons (Fsp3) is 0.333. The van der Waals surface area contributed by atoms with Crippen molar-refractivity contribution < 1.29 is 4.79 Å². The highest BCUT2D eigenvalue weighted by atomic mass is 35.5. The number of hydrogen-bond donors (Lipinski definition) is 0. The van der Waals surface area contributed by atoms with E-state index in [2.05, 4.69) is 0 Å². The van der Waals surface area contributed by atoms with Gasteiger partial charge in [0.25, 0.3) is 5.91 Å². The first-order chi connectivity index (χ1) is 6.57. The van der Waals surface area contributed by atoms with Gasteiger partial charge in [0.2, 0.25) is 0 Å². The first-order valence-electron chi connectivity index (χ1n) is 3.94. The van der Waals surface area contributed by atoms with Crippen LogP contribution in [0.15, 0.2) is 5.38 Å².